The van der Waals surface area contributed by atoms with Crippen LogP contribution < -0.4 is 15.1 Å². The van der Waals surface area contributed by atoms with Crippen LogP contribution in [-0.2, 0) is 6.18 Å². The van der Waals surface area contributed by atoms with E-state index in [0.29, 0.717) is 30.2 Å². The Morgan fingerprint density at radius 3 is 2.21 bits per heavy atom. The number of anilines is 4. The molecule has 1 saturated heterocycles. The molecular formula is C24H20F4N6. The highest BCUT2D eigenvalue weighted by Crippen LogP contribution is 2.30. The second-order valence-corrected chi connectivity index (χ2v) is 7.93. The predicted molar refractivity (Wildman–Crippen MR) is 123 cm³/mol. The molecule has 2 aromatic carbocycles. The van der Waals surface area contributed by atoms with Crippen LogP contribution in [0.25, 0.3) is 10.9 Å². The van der Waals surface area contributed by atoms with Gasteiger partial charge in [0.25, 0.3) is 0 Å². The summed E-state index contributed by atoms with van der Waals surface area (Å²) < 4.78 is 51.7. The fraction of sp³-hybridized carbons (Fsp3) is 0.208. The lowest BCUT2D eigenvalue weighted by atomic mass is 10.2. The van der Waals surface area contributed by atoms with E-state index in [4.69, 9.17) is 0 Å². The van der Waals surface area contributed by atoms with Gasteiger partial charge < -0.3 is 15.1 Å². The molecule has 6 nitrogen and oxygen atoms in total. The van der Waals surface area contributed by atoms with Gasteiger partial charge in [-0.1, -0.05) is 0 Å². The molecular weight excluding hydrogens is 448 g/mol. The first-order valence-electron chi connectivity index (χ1n) is 10.7. The zero-order valence-electron chi connectivity index (χ0n) is 17.9. The van der Waals surface area contributed by atoms with Gasteiger partial charge in [-0.15, -0.1) is 0 Å². The maximum Gasteiger partial charge on any atom is 0.417 e. The zero-order chi connectivity index (χ0) is 23.7. The molecule has 10 heteroatoms. The summed E-state index contributed by atoms with van der Waals surface area (Å²) in [5.41, 5.74) is 1.65. The molecule has 5 rings (SSSR count). The van der Waals surface area contributed by atoms with Gasteiger partial charge in [0.05, 0.1) is 11.1 Å². The average molecular weight is 468 g/mol. The minimum atomic E-state index is -4.39. The van der Waals surface area contributed by atoms with Crippen LogP contribution in [0.4, 0.5) is 40.6 Å². The summed E-state index contributed by atoms with van der Waals surface area (Å²) in [6, 6.07) is 14.8. The van der Waals surface area contributed by atoms with E-state index >= 15 is 0 Å². The van der Waals surface area contributed by atoms with Crippen molar-refractivity contribution in [2.75, 3.05) is 41.3 Å². The number of halogens is 4. The third-order valence-corrected chi connectivity index (χ3v) is 5.77. The summed E-state index contributed by atoms with van der Waals surface area (Å²) in [6.45, 7) is 2.75. The molecule has 0 atom stereocenters. The van der Waals surface area contributed by atoms with Gasteiger partial charge in [-0.2, -0.15) is 13.2 Å². The average Bonchev–Trinajstić information content (AvgIpc) is 2.84. The minimum Gasteiger partial charge on any atom is -0.368 e. The van der Waals surface area contributed by atoms with E-state index in [9.17, 15) is 17.6 Å². The standard InChI is InChI=1S/C24H20F4N6/c25-17-2-7-20-21(13-17)30-15-31-23(20)32-18-3-5-19(6-4-18)33-9-11-34(12-10-33)22-8-1-16(14-29-22)24(26,27)28/h1-8,13-15H,9-12H2,(H,30,31,32). The molecule has 1 aliphatic heterocycles. The van der Waals surface area contributed by atoms with Crippen molar-refractivity contribution in [1.29, 1.82) is 0 Å². The maximum absolute atomic E-state index is 13.5. The van der Waals surface area contributed by atoms with Crippen molar-refractivity contribution in [1.82, 2.24) is 15.0 Å². The normalized spacial score (nSPS) is 14.5. The number of nitrogens with zero attached hydrogens (tertiary/aromatic N) is 5. The molecule has 0 aliphatic carbocycles. The van der Waals surface area contributed by atoms with Crippen molar-refractivity contribution in [3.63, 3.8) is 0 Å². The Kier molecular flexibility index (Phi) is 5.64. The van der Waals surface area contributed by atoms with Crippen LogP contribution in [0.1, 0.15) is 5.56 Å². The van der Waals surface area contributed by atoms with E-state index in [0.717, 1.165) is 42.1 Å². The number of hydrogen-bond acceptors (Lipinski definition) is 6. The van der Waals surface area contributed by atoms with Gasteiger partial charge in [0.2, 0.25) is 0 Å². The first-order chi connectivity index (χ1) is 16.4. The van der Waals surface area contributed by atoms with E-state index < -0.39 is 11.7 Å². The first kappa shape index (κ1) is 21.9. The molecule has 0 unspecified atom stereocenters. The summed E-state index contributed by atoms with van der Waals surface area (Å²) in [6.07, 6.45) is -2.11. The van der Waals surface area contributed by atoms with Gasteiger partial charge in [-0.05, 0) is 48.5 Å². The SMILES string of the molecule is Fc1ccc2c(Nc3ccc(N4CCN(c5ccc(C(F)(F)F)cn5)CC4)cc3)ncnc2c1. The molecule has 0 saturated carbocycles. The molecule has 0 amide bonds. The third kappa shape index (κ3) is 4.57. The lowest BCUT2D eigenvalue weighted by molar-refractivity contribution is -0.137. The van der Waals surface area contributed by atoms with Crippen LogP contribution in [0.3, 0.4) is 0 Å². The number of aromatic nitrogens is 3. The number of hydrogen-bond donors (Lipinski definition) is 1. The minimum absolute atomic E-state index is 0.351. The Morgan fingerprint density at radius 1 is 0.794 bits per heavy atom. The highest BCUT2D eigenvalue weighted by Gasteiger charge is 2.31. The number of alkyl halides is 3. The lowest BCUT2D eigenvalue weighted by Crippen LogP contribution is -2.46. The van der Waals surface area contributed by atoms with Crippen LogP contribution in [0.5, 0.6) is 0 Å². The predicted octanol–water partition coefficient (Wildman–Crippen LogP) is 5.25. The van der Waals surface area contributed by atoms with Gasteiger partial charge in [-0.25, -0.2) is 19.3 Å². The number of piperazine rings is 1. The van der Waals surface area contributed by atoms with E-state index in [-0.39, 0.29) is 5.82 Å². The highest BCUT2D eigenvalue weighted by molar-refractivity contribution is 5.90. The summed E-state index contributed by atoms with van der Waals surface area (Å²) in [4.78, 5) is 16.6. The van der Waals surface area contributed by atoms with Crippen molar-refractivity contribution >= 4 is 33.9 Å². The molecule has 3 heterocycles. The van der Waals surface area contributed by atoms with Crippen molar-refractivity contribution in [3.05, 3.63) is 78.5 Å². The smallest absolute Gasteiger partial charge is 0.368 e. The van der Waals surface area contributed by atoms with E-state index in [1.807, 2.05) is 29.2 Å². The molecule has 34 heavy (non-hydrogen) atoms. The van der Waals surface area contributed by atoms with Crippen molar-refractivity contribution in [2.24, 2.45) is 0 Å². The Hall–Kier alpha value is -3.95. The Morgan fingerprint density at radius 2 is 1.53 bits per heavy atom. The Bertz CT molecular complexity index is 1280. The van der Waals surface area contributed by atoms with E-state index in [2.05, 4.69) is 25.2 Å². The van der Waals surface area contributed by atoms with Gasteiger partial charge >= 0.3 is 6.18 Å². The van der Waals surface area contributed by atoms with Crippen LogP contribution in [0.2, 0.25) is 0 Å². The van der Waals surface area contributed by atoms with Gasteiger partial charge in [-0.3, -0.25) is 0 Å². The largest absolute Gasteiger partial charge is 0.417 e. The van der Waals surface area contributed by atoms with Gasteiger partial charge in [0.15, 0.2) is 0 Å². The summed E-state index contributed by atoms with van der Waals surface area (Å²) in [7, 11) is 0. The molecule has 0 spiro atoms. The van der Waals surface area contributed by atoms with E-state index in [1.165, 1.54) is 24.5 Å². The highest BCUT2D eigenvalue weighted by atomic mass is 19.4. The van der Waals surface area contributed by atoms with Crippen molar-refractivity contribution in [2.45, 2.75) is 6.18 Å². The zero-order valence-corrected chi connectivity index (χ0v) is 17.9. The Labute approximate surface area is 192 Å². The molecule has 2 aromatic heterocycles. The molecule has 4 aromatic rings. The lowest BCUT2D eigenvalue weighted by Gasteiger charge is -2.36. The van der Waals surface area contributed by atoms with Crippen LogP contribution in [-0.4, -0.2) is 41.1 Å². The summed E-state index contributed by atoms with van der Waals surface area (Å²) in [5, 5.41) is 3.97. The fourth-order valence-corrected chi connectivity index (χ4v) is 3.96. The molecule has 1 fully saturated rings. The van der Waals surface area contributed by atoms with Crippen molar-refractivity contribution in [3.8, 4) is 0 Å². The Balaban J connectivity index is 1.22. The number of fused-ring (bicyclic) bond motifs is 1. The van der Waals surface area contributed by atoms with Gasteiger partial charge in [0, 0.05) is 55.2 Å². The molecule has 1 N–H and O–H groups in total. The van der Waals surface area contributed by atoms with Crippen LogP contribution >= 0.6 is 0 Å². The topological polar surface area (TPSA) is 57.2 Å². The van der Waals surface area contributed by atoms with Gasteiger partial charge in [0.1, 0.15) is 23.8 Å². The second kappa shape index (κ2) is 8.77. The number of nitrogens with one attached hydrogen (secondary N) is 1. The fourth-order valence-electron chi connectivity index (χ4n) is 3.96. The molecule has 1 aliphatic rings. The summed E-state index contributed by atoms with van der Waals surface area (Å²) in [5.74, 6) is 0.787. The quantitative estimate of drug-likeness (QED) is 0.413. The number of pyridine rings is 1. The molecule has 0 bridgehead atoms. The monoisotopic (exact) mass is 468 g/mol. The van der Waals surface area contributed by atoms with E-state index in [1.54, 1.807) is 6.07 Å². The maximum atomic E-state index is 13.5. The third-order valence-electron chi connectivity index (χ3n) is 5.77. The second-order valence-electron chi connectivity index (χ2n) is 7.93. The van der Waals surface area contributed by atoms with Crippen LogP contribution in [0, 0.1) is 5.82 Å². The first-order valence-corrected chi connectivity index (χ1v) is 10.7. The molecule has 174 valence electrons. The number of benzene rings is 2. The summed E-state index contributed by atoms with van der Waals surface area (Å²) >= 11 is 0. The number of rotatable bonds is 4. The van der Waals surface area contributed by atoms with Crippen molar-refractivity contribution < 1.29 is 17.6 Å². The molecule has 0 radical (unpaired) electrons. The van der Waals surface area contributed by atoms with Crippen LogP contribution in [0.15, 0.2) is 67.1 Å².